The van der Waals surface area contributed by atoms with E-state index in [1.54, 1.807) is 0 Å². The Bertz CT molecular complexity index is 559. The number of aromatic nitrogens is 1. The molecule has 1 aromatic carbocycles. The van der Waals surface area contributed by atoms with Crippen LogP contribution in [0, 0.1) is 5.92 Å². The van der Waals surface area contributed by atoms with Gasteiger partial charge in [-0.05, 0) is 61.1 Å². The molecule has 0 bridgehead atoms. The van der Waals surface area contributed by atoms with Crippen LogP contribution in [0.1, 0.15) is 52.0 Å². The van der Waals surface area contributed by atoms with Crippen molar-refractivity contribution < 1.29 is 4.74 Å². The Kier molecular flexibility index (Phi) is 7.12. The lowest BCUT2D eigenvalue weighted by Crippen LogP contribution is -2.03. The van der Waals surface area contributed by atoms with Crippen LogP contribution in [-0.2, 0) is 6.42 Å². The standard InChI is InChI=1S/C21H29NO/c1-4-6-7-18-8-13-21(22-16-18)19-9-11-20(12-10-19)23-15-14-17(3)5-2/h8-13,16-17H,4-7,14-15H2,1-3H3. The van der Waals surface area contributed by atoms with Gasteiger partial charge in [-0.3, -0.25) is 4.98 Å². The monoisotopic (exact) mass is 311 g/mol. The van der Waals surface area contributed by atoms with Crippen LogP contribution >= 0.6 is 0 Å². The number of benzene rings is 1. The van der Waals surface area contributed by atoms with Crippen molar-refractivity contribution in [3.05, 3.63) is 48.2 Å². The van der Waals surface area contributed by atoms with E-state index in [1.165, 1.54) is 24.8 Å². The highest BCUT2D eigenvalue weighted by Gasteiger charge is 2.02. The first-order valence-corrected chi connectivity index (χ1v) is 8.91. The average Bonchev–Trinajstić information content (AvgIpc) is 2.61. The lowest BCUT2D eigenvalue weighted by Gasteiger charge is -2.10. The van der Waals surface area contributed by atoms with E-state index in [1.807, 2.05) is 18.3 Å². The molecule has 2 rings (SSSR count). The van der Waals surface area contributed by atoms with Gasteiger partial charge < -0.3 is 4.74 Å². The van der Waals surface area contributed by atoms with Crippen LogP contribution in [0.3, 0.4) is 0 Å². The minimum atomic E-state index is 0.727. The summed E-state index contributed by atoms with van der Waals surface area (Å²) in [6.07, 6.45) is 7.89. The van der Waals surface area contributed by atoms with Gasteiger partial charge >= 0.3 is 0 Å². The molecule has 0 aliphatic rings. The van der Waals surface area contributed by atoms with Crippen LogP contribution < -0.4 is 4.74 Å². The van der Waals surface area contributed by atoms with Crippen molar-refractivity contribution in [3.63, 3.8) is 0 Å². The molecule has 0 aliphatic heterocycles. The molecule has 0 amide bonds. The molecule has 1 heterocycles. The maximum absolute atomic E-state index is 5.81. The molecule has 1 aromatic heterocycles. The minimum Gasteiger partial charge on any atom is -0.494 e. The Balaban J connectivity index is 1.91. The Morgan fingerprint density at radius 2 is 1.83 bits per heavy atom. The average molecular weight is 311 g/mol. The number of pyridine rings is 1. The summed E-state index contributed by atoms with van der Waals surface area (Å²) in [5, 5.41) is 0. The zero-order valence-corrected chi connectivity index (χ0v) is 14.7. The molecule has 1 atom stereocenters. The van der Waals surface area contributed by atoms with E-state index in [2.05, 4.69) is 50.0 Å². The second-order valence-corrected chi connectivity index (χ2v) is 6.33. The number of nitrogens with zero attached hydrogens (tertiary/aromatic N) is 1. The van der Waals surface area contributed by atoms with Crippen LogP contribution in [0.15, 0.2) is 42.6 Å². The summed E-state index contributed by atoms with van der Waals surface area (Å²) in [5.41, 5.74) is 3.48. The van der Waals surface area contributed by atoms with Crippen molar-refractivity contribution in [2.45, 2.75) is 52.9 Å². The normalized spacial score (nSPS) is 12.1. The van der Waals surface area contributed by atoms with E-state index in [-0.39, 0.29) is 0 Å². The fraction of sp³-hybridized carbons (Fsp3) is 0.476. The highest BCUT2D eigenvalue weighted by atomic mass is 16.5. The molecule has 0 spiro atoms. The van der Waals surface area contributed by atoms with E-state index >= 15 is 0 Å². The lowest BCUT2D eigenvalue weighted by atomic mass is 10.1. The molecule has 0 saturated carbocycles. The predicted molar refractivity (Wildman–Crippen MR) is 97.9 cm³/mol. The Morgan fingerprint density at radius 3 is 2.43 bits per heavy atom. The number of unbranched alkanes of at least 4 members (excludes halogenated alkanes) is 1. The van der Waals surface area contributed by atoms with E-state index < -0.39 is 0 Å². The van der Waals surface area contributed by atoms with Crippen molar-refractivity contribution in [3.8, 4) is 17.0 Å². The third kappa shape index (κ3) is 5.70. The fourth-order valence-corrected chi connectivity index (χ4v) is 2.43. The quantitative estimate of drug-likeness (QED) is 0.574. The van der Waals surface area contributed by atoms with Gasteiger partial charge in [-0.25, -0.2) is 0 Å². The number of aryl methyl sites for hydroxylation is 1. The fourth-order valence-electron chi connectivity index (χ4n) is 2.43. The molecule has 2 nitrogen and oxygen atoms in total. The first-order valence-electron chi connectivity index (χ1n) is 8.91. The summed E-state index contributed by atoms with van der Waals surface area (Å²) < 4.78 is 5.81. The van der Waals surface area contributed by atoms with Crippen LogP contribution in [0.5, 0.6) is 5.75 Å². The van der Waals surface area contributed by atoms with Gasteiger partial charge in [0.1, 0.15) is 5.75 Å². The molecule has 0 saturated heterocycles. The van der Waals surface area contributed by atoms with E-state index in [0.717, 1.165) is 42.4 Å². The summed E-state index contributed by atoms with van der Waals surface area (Å²) in [5.74, 6) is 1.67. The summed E-state index contributed by atoms with van der Waals surface area (Å²) in [4.78, 5) is 4.59. The lowest BCUT2D eigenvalue weighted by molar-refractivity contribution is 0.282. The van der Waals surface area contributed by atoms with Gasteiger partial charge in [0.15, 0.2) is 0 Å². The second kappa shape index (κ2) is 9.34. The molecule has 0 radical (unpaired) electrons. The highest BCUT2D eigenvalue weighted by Crippen LogP contribution is 2.21. The third-order valence-electron chi connectivity index (χ3n) is 4.37. The first-order chi connectivity index (χ1) is 11.2. The van der Waals surface area contributed by atoms with Crippen LogP contribution in [0.2, 0.25) is 0 Å². The van der Waals surface area contributed by atoms with Gasteiger partial charge in [-0.15, -0.1) is 0 Å². The summed E-state index contributed by atoms with van der Waals surface area (Å²) in [7, 11) is 0. The van der Waals surface area contributed by atoms with Crippen LogP contribution in [-0.4, -0.2) is 11.6 Å². The molecule has 2 aromatic rings. The van der Waals surface area contributed by atoms with Crippen molar-refractivity contribution >= 4 is 0 Å². The van der Waals surface area contributed by atoms with E-state index in [0.29, 0.717) is 0 Å². The molecule has 0 N–H and O–H groups in total. The Morgan fingerprint density at radius 1 is 1.04 bits per heavy atom. The van der Waals surface area contributed by atoms with Gasteiger partial charge in [0, 0.05) is 11.8 Å². The molecule has 2 heteroatoms. The van der Waals surface area contributed by atoms with E-state index in [9.17, 15) is 0 Å². The third-order valence-corrected chi connectivity index (χ3v) is 4.37. The molecule has 0 fully saturated rings. The topological polar surface area (TPSA) is 22.1 Å². The van der Waals surface area contributed by atoms with Gasteiger partial charge in [-0.1, -0.05) is 39.7 Å². The summed E-state index contributed by atoms with van der Waals surface area (Å²) in [6.45, 7) is 7.50. The van der Waals surface area contributed by atoms with Crippen molar-refractivity contribution in [2.75, 3.05) is 6.61 Å². The largest absolute Gasteiger partial charge is 0.494 e. The van der Waals surface area contributed by atoms with Crippen molar-refractivity contribution in [1.82, 2.24) is 4.98 Å². The number of hydrogen-bond donors (Lipinski definition) is 0. The second-order valence-electron chi connectivity index (χ2n) is 6.33. The Labute approximate surface area is 140 Å². The molecule has 0 aliphatic carbocycles. The number of hydrogen-bond acceptors (Lipinski definition) is 2. The first kappa shape index (κ1) is 17.5. The molecular formula is C21H29NO. The van der Waals surface area contributed by atoms with Gasteiger partial charge in [0.2, 0.25) is 0 Å². The molecule has 124 valence electrons. The summed E-state index contributed by atoms with van der Waals surface area (Å²) in [6, 6.07) is 12.6. The maximum Gasteiger partial charge on any atom is 0.119 e. The minimum absolute atomic E-state index is 0.727. The van der Waals surface area contributed by atoms with Crippen LogP contribution in [0.4, 0.5) is 0 Å². The van der Waals surface area contributed by atoms with Gasteiger partial charge in [0.25, 0.3) is 0 Å². The van der Waals surface area contributed by atoms with E-state index in [4.69, 9.17) is 4.74 Å². The summed E-state index contributed by atoms with van der Waals surface area (Å²) >= 11 is 0. The smallest absolute Gasteiger partial charge is 0.119 e. The predicted octanol–water partition coefficient (Wildman–Crippen LogP) is 5.91. The molecule has 23 heavy (non-hydrogen) atoms. The molecule has 1 unspecified atom stereocenters. The van der Waals surface area contributed by atoms with Gasteiger partial charge in [-0.2, -0.15) is 0 Å². The number of rotatable bonds is 9. The zero-order valence-electron chi connectivity index (χ0n) is 14.7. The maximum atomic E-state index is 5.81. The Hall–Kier alpha value is -1.83. The molecular weight excluding hydrogens is 282 g/mol. The zero-order chi connectivity index (χ0) is 16.5. The highest BCUT2D eigenvalue weighted by molar-refractivity contribution is 5.60. The van der Waals surface area contributed by atoms with Gasteiger partial charge in [0.05, 0.1) is 12.3 Å². The van der Waals surface area contributed by atoms with Crippen molar-refractivity contribution in [1.29, 1.82) is 0 Å². The van der Waals surface area contributed by atoms with Crippen LogP contribution in [0.25, 0.3) is 11.3 Å². The SMILES string of the molecule is CCCCc1ccc(-c2ccc(OCCC(C)CC)cc2)nc1. The number of ether oxygens (including phenoxy) is 1. The van der Waals surface area contributed by atoms with Crippen molar-refractivity contribution in [2.24, 2.45) is 5.92 Å².